The van der Waals surface area contributed by atoms with Crippen LogP contribution in [-0.4, -0.2) is 42.1 Å². The van der Waals surface area contributed by atoms with E-state index >= 15 is 0 Å². The summed E-state index contributed by atoms with van der Waals surface area (Å²) in [6, 6.07) is 4.48. The Morgan fingerprint density at radius 3 is 2.75 bits per heavy atom. The molecule has 0 spiro atoms. The van der Waals surface area contributed by atoms with Crippen molar-refractivity contribution in [1.82, 2.24) is 4.90 Å². The van der Waals surface area contributed by atoms with Gasteiger partial charge in [0.25, 0.3) is 0 Å². The van der Waals surface area contributed by atoms with Gasteiger partial charge in [-0.25, -0.2) is 4.79 Å². The summed E-state index contributed by atoms with van der Waals surface area (Å²) in [5.41, 5.74) is 0.730. The molecule has 0 aromatic heterocycles. The van der Waals surface area contributed by atoms with Crippen LogP contribution in [0.15, 0.2) is 18.2 Å². The average Bonchev–Trinajstić information content (AvgIpc) is 2.80. The molecule has 20 heavy (non-hydrogen) atoms. The smallest absolute Gasteiger partial charge is 0.326 e. The molecule has 1 aromatic rings. The highest BCUT2D eigenvalue weighted by Gasteiger charge is 2.36. The molecule has 0 saturated carbocycles. The minimum atomic E-state index is -0.974. The quantitative estimate of drug-likeness (QED) is 0.878. The number of carbonyl (C=O) groups is 2. The van der Waals surface area contributed by atoms with E-state index in [-0.39, 0.29) is 18.9 Å². The number of carbonyl (C=O) groups excluding carboxylic acids is 1. The Morgan fingerprint density at radius 1 is 1.40 bits per heavy atom. The fraction of sp³-hybridized carbons (Fsp3) is 0.429. The normalized spacial score (nSPS) is 18.2. The van der Waals surface area contributed by atoms with Crippen LogP contribution in [0.5, 0.6) is 11.5 Å². The summed E-state index contributed by atoms with van der Waals surface area (Å²) in [5.74, 6) is 0.119. The van der Waals surface area contributed by atoms with E-state index < -0.39 is 12.0 Å². The summed E-state index contributed by atoms with van der Waals surface area (Å²) < 4.78 is 10.4. The predicted molar refractivity (Wildman–Crippen MR) is 70.8 cm³/mol. The van der Waals surface area contributed by atoms with Crippen LogP contribution in [0.2, 0.25) is 0 Å². The fourth-order valence-corrected chi connectivity index (χ4v) is 2.38. The molecule has 0 unspecified atom stereocenters. The van der Waals surface area contributed by atoms with Gasteiger partial charge in [-0.1, -0.05) is 0 Å². The number of likely N-dealkylation sites (tertiary alicyclic amines) is 1. The van der Waals surface area contributed by atoms with Gasteiger partial charge in [-0.2, -0.15) is 0 Å². The summed E-state index contributed by atoms with van der Waals surface area (Å²) in [6.45, 7) is 0.205. The molecule has 0 radical (unpaired) electrons. The lowest BCUT2D eigenvalue weighted by Crippen LogP contribution is -2.38. The van der Waals surface area contributed by atoms with Crippen molar-refractivity contribution >= 4 is 11.9 Å². The maximum atomic E-state index is 11.8. The third-order valence-electron chi connectivity index (χ3n) is 3.44. The Bertz CT molecular complexity index is 528. The largest absolute Gasteiger partial charge is 0.497 e. The number of methoxy groups -OCH3 is 2. The molecular weight excluding hydrogens is 262 g/mol. The summed E-state index contributed by atoms with van der Waals surface area (Å²) in [7, 11) is 3.08. The molecule has 0 bridgehead atoms. The topological polar surface area (TPSA) is 76.1 Å². The molecule has 2 rings (SSSR count). The van der Waals surface area contributed by atoms with Gasteiger partial charge in [-0.3, -0.25) is 4.79 Å². The lowest BCUT2D eigenvalue weighted by atomic mass is 10.1. The monoisotopic (exact) mass is 279 g/mol. The second kappa shape index (κ2) is 5.81. The zero-order chi connectivity index (χ0) is 14.7. The number of carboxylic acid groups (broad SMARTS) is 1. The Hall–Kier alpha value is -2.24. The highest BCUT2D eigenvalue weighted by molar-refractivity contribution is 5.87. The van der Waals surface area contributed by atoms with Crippen molar-refractivity contribution in [3.8, 4) is 11.5 Å². The number of ether oxygens (including phenoxy) is 2. The van der Waals surface area contributed by atoms with E-state index in [2.05, 4.69) is 0 Å². The van der Waals surface area contributed by atoms with E-state index in [4.69, 9.17) is 14.6 Å². The van der Waals surface area contributed by atoms with E-state index in [0.717, 1.165) is 5.56 Å². The number of rotatable bonds is 5. The molecule has 1 saturated heterocycles. The molecule has 1 atom stereocenters. The van der Waals surface area contributed by atoms with Crippen LogP contribution in [0, 0.1) is 0 Å². The summed E-state index contributed by atoms with van der Waals surface area (Å²) >= 11 is 0. The molecule has 1 aliphatic heterocycles. The number of benzene rings is 1. The average molecular weight is 279 g/mol. The van der Waals surface area contributed by atoms with Crippen molar-refractivity contribution < 1.29 is 24.2 Å². The standard InChI is InChI=1S/C14H17NO5/c1-19-10-3-5-12(20-2)9(7-10)8-15-11(14(17)18)4-6-13(15)16/h3,5,7,11H,4,6,8H2,1-2H3,(H,17,18)/t11-/m1/s1. The van der Waals surface area contributed by atoms with Gasteiger partial charge in [0.1, 0.15) is 17.5 Å². The first-order valence-corrected chi connectivity index (χ1v) is 6.30. The highest BCUT2D eigenvalue weighted by Crippen LogP contribution is 2.28. The summed E-state index contributed by atoms with van der Waals surface area (Å²) in [6.07, 6.45) is 0.615. The van der Waals surface area contributed by atoms with Gasteiger partial charge in [0, 0.05) is 12.0 Å². The highest BCUT2D eigenvalue weighted by atomic mass is 16.5. The van der Waals surface area contributed by atoms with Crippen LogP contribution in [0.4, 0.5) is 0 Å². The molecule has 6 heteroatoms. The molecule has 1 aromatic carbocycles. The maximum Gasteiger partial charge on any atom is 0.326 e. The van der Waals surface area contributed by atoms with Gasteiger partial charge in [-0.15, -0.1) is 0 Å². The van der Waals surface area contributed by atoms with Crippen LogP contribution in [0.1, 0.15) is 18.4 Å². The molecule has 0 aliphatic carbocycles. The Balaban J connectivity index is 2.27. The van der Waals surface area contributed by atoms with Crippen LogP contribution in [0.25, 0.3) is 0 Å². The number of nitrogens with zero attached hydrogens (tertiary/aromatic N) is 1. The second-order valence-electron chi connectivity index (χ2n) is 4.59. The molecule has 1 aliphatic rings. The number of hydrogen-bond acceptors (Lipinski definition) is 4. The molecule has 1 amide bonds. The minimum absolute atomic E-state index is 0.151. The Morgan fingerprint density at radius 2 is 2.15 bits per heavy atom. The van der Waals surface area contributed by atoms with Gasteiger partial charge >= 0.3 is 5.97 Å². The lowest BCUT2D eigenvalue weighted by Gasteiger charge is -2.23. The van der Waals surface area contributed by atoms with E-state index in [0.29, 0.717) is 17.9 Å². The van der Waals surface area contributed by atoms with Crippen LogP contribution >= 0.6 is 0 Å². The van der Waals surface area contributed by atoms with Crippen molar-refractivity contribution in [2.24, 2.45) is 0 Å². The van der Waals surface area contributed by atoms with Crippen molar-refractivity contribution in [3.63, 3.8) is 0 Å². The van der Waals surface area contributed by atoms with Crippen molar-refractivity contribution in [3.05, 3.63) is 23.8 Å². The van der Waals surface area contributed by atoms with Crippen molar-refractivity contribution in [1.29, 1.82) is 0 Å². The zero-order valence-electron chi connectivity index (χ0n) is 11.5. The molecule has 1 heterocycles. The lowest BCUT2D eigenvalue weighted by molar-refractivity contribution is -0.146. The van der Waals surface area contributed by atoms with Crippen LogP contribution in [0.3, 0.4) is 0 Å². The van der Waals surface area contributed by atoms with Gasteiger partial charge < -0.3 is 19.5 Å². The first-order valence-electron chi connectivity index (χ1n) is 6.30. The van der Waals surface area contributed by atoms with E-state index in [9.17, 15) is 9.59 Å². The number of aliphatic carboxylic acids is 1. The van der Waals surface area contributed by atoms with E-state index in [1.54, 1.807) is 25.3 Å². The minimum Gasteiger partial charge on any atom is -0.497 e. The SMILES string of the molecule is COc1ccc(OC)c(CN2C(=O)CC[C@@H]2C(=O)O)c1. The Labute approximate surface area is 116 Å². The third-order valence-corrected chi connectivity index (χ3v) is 3.44. The van der Waals surface area contributed by atoms with Gasteiger partial charge in [0.2, 0.25) is 5.91 Å². The zero-order valence-corrected chi connectivity index (χ0v) is 11.5. The number of amides is 1. The third kappa shape index (κ3) is 2.68. The van der Waals surface area contributed by atoms with Crippen LogP contribution < -0.4 is 9.47 Å². The van der Waals surface area contributed by atoms with Gasteiger partial charge in [-0.05, 0) is 24.6 Å². The molecule has 1 N–H and O–H groups in total. The molecule has 108 valence electrons. The molecular formula is C14H17NO5. The van der Waals surface area contributed by atoms with E-state index in [1.165, 1.54) is 12.0 Å². The summed E-state index contributed by atoms with van der Waals surface area (Å²) in [5, 5.41) is 9.16. The van der Waals surface area contributed by atoms with E-state index in [1.807, 2.05) is 0 Å². The summed E-state index contributed by atoms with van der Waals surface area (Å²) in [4.78, 5) is 24.4. The van der Waals surface area contributed by atoms with Crippen molar-refractivity contribution in [2.45, 2.75) is 25.4 Å². The maximum absolute atomic E-state index is 11.8. The molecule has 1 fully saturated rings. The van der Waals surface area contributed by atoms with Crippen LogP contribution in [-0.2, 0) is 16.1 Å². The van der Waals surface area contributed by atoms with Gasteiger partial charge in [0.15, 0.2) is 0 Å². The van der Waals surface area contributed by atoms with Gasteiger partial charge in [0.05, 0.1) is 20.8 Å². The number of carboxylic acids is 1. The fourth-order valence-electron chi connectivity index (χ4n) is 2.38. The first kappa shape index (κ1) is 14.2. The van der Waals surface area contributed by atoms with Crippen molar-refractivity contribution in [2.75, 3.05) is 14.2 Å². The first-order chi connectivity index (χ1) is 9.56. The molecule has 6 nitrogen and oxygen atoms in total. The predicted octanol–water partition coefficient (Wildman–Crippen LogP) is 1.28. The second-order valence-corrected chi connectivity index (χ2v) is 4.59. The number of hydrogen-bond donors (Lipinski definition) is 1. The Kier molecular flexibility index (Phi) is 4.12.